The average molecular weight is 349 g/mol. The molecule has 2 heterocycles. The molecule has 2 aromatic heterocycles. The first-order chi connectivity index (χ1) is 10.1. The van der Waals surface area contributed by atoms with Gasteiger partial charge in [-0.3, -0.25) is 4.79 Å². The monoisotopic (exact) mass is 348 g/mol. The number of carbonyl (C=O) groups is 1. The lowest BCUT2D eigenvalue weighted by molar-refractivity contribution is 0.0330. The van der Waals surface area contributed by atoms with Gasteiger partial charge in [0.1, 0.15) is 11.2 Å². The number of rotatable bonds is 3. The van der Waals surface area contributed by atoms with Crippen LogP contribution in [-0.4, -0.2) is 25.9 Å². The number of ether oxygens (including phenoxy) is 1. The van der Waals surface area contributed by atoms with Crippen LogP contribution in [0.4, 0.5) is 0 Å². The Labute approximate surface area is 126 Å². The molecular formula is C13H9BrN4O3. The van der Waals surface area contributed by atoms with Crippen molar-refractivity contribution in [1.29, 1.82) is 0 Å². The van der Waals surface area contributed by atoms with Gasteiger partial charge < -0.3 is 9.72 Å². The molecule has 1 aromatic carbocycles. The van der Waals surface area contributed by atoms with E-state index in [-0.39, 0.29) is 18.0 Å². The number of benzene rings is 1. The second-order valence-corrected chi connectivity index (χ2v) is 5.12. The van der Waals surface area contributed by atoms with Crippen LogP contribution < -0.4 is 5.56 Å². The van der Waals surface area contributed by atoms with Gasteiger partial charge in [-0.15, -0.1) is 5.10 Å². The SMILES string of the molecule is O=C(OCn1nnc2ccccc2c1=O)c1cc(Br)c[nH]1. The van der Waals surface area contributed by atoms with Gasteiger partial charge in [0.2, 0.25) is 0 Å². The standard InChI is InChI=1S/C13H9BrN4O3/c14-8-5-11(15-6-8)13(20)21-7-18-12(19)9-3-1-2-4-10(9)16-17-18/h1-6,15H,7H2. The summed E-state index contributed by atoms with van der Waals surface area (Å²) in [6.07, 6.45) is 1.61. The number of hydrogen-bond acceptors (Lipinski definition) is 5. The van der Waals surface area contributed by atoms with E-state index in [1.54, 1.807) is 36.5 Å². The van der Waals surface area contributed by atoms with Gasteiger partial charge in [0, 0.05) is 10.7 Å². The maximum absolute atomic E-state index is 12.1. The number of nitrogens with one attached hydrogen (secondary N) is 1. The Morgan fingerprint density at radius 2 is 2.19 bits per heavy atom. The first-order valence-electron chi connectivity index (χ1n) is 5.99. The second-order valence-electron chi connectivity index (χ2n) is 4.20. The molecule has 106 valence electrons. The molecule has 0 aliphatic rings. The summed E-state index contributed by atoms with van der Waals surface area (Å²) in [5.41, 5.74) is 0.420. The van der Waals surface area contributed by atoms with Crippen LogP contribution in [0.2, 0.25) is 0 Å². The van der Waals surface area contributed by atoms with Crippen molar-refractivity contribution in [2.24, 2.45) is 0 Å². The summed E-state index contributed by atoms with van der Waals surface area (Å²) in [6.45, 7) is -0.299. The number of fused-ring (bicyclic) bond motifs is 1. The van der Waals surface area contributed by atoms with E-state index < -0.39 is 5.97 Å². The minimum atomic E-state index is -0.581. The Hall–Kier alpha value is -2.48. The molecule has 0 saturated carbocycles. The minimum absolute atomic E-state index is 0.281. The summed E-state index contributed by atoms with van der Waals surface area (Å²) in [5.74, 6) is -0.581. The number of esters is 1. The van der Waals surface area contributed by atoms with Crippen molar-refractivity contribution in [2.45, 2.75) is 6.73 Å². The molecule has 0 spiro atoms. The Morgan fingerprint density at radius 1 is 1.38 bits per heavy atom. The van der Waals surface area contributed by atoms with E-state index >= 15 is 0 Å². The third-order valence-electron chi connectivity index (χ3n) is 2.81. The highest BCUT2D eigenvalue weighted by molar-refractivity contribution is 9.10. The van der Waals surface area contributed by atoms with Crippen LogP contribution in [0.15, 0.2) is 45.8 Å². The van der Waals surface area contributed by atoms with Crippen LogP contribution in [0, 0.1) is 0 Å². The van der Waals surface area contributed by atoms with Crippen LogP contribution >= 0.6 is 15.9 Å². The molecule has 0 atom stereocenters. The highest BCUT2D eigenvalue weighted by Gasteiger charge is 2.11. The van der Waals surface area contributed by atoms with E-state index in [1.165, 1.54) is 0 Å². The van der Waals surface area contributed by atoms with Gasteiger partial charge in [-0.25, -0.2) is 4.79 Å². The Balaban J connectivity index is 1.81. The molecule has 3 aromatic rings. The van der Waals surface area contributed by atoms with Gasteiger partial charge in [-0.1, -0.05) is 17.3 Å². The first kappa shape index (κ1) is 13.5. The fourth-order valence-corrected chi connectivity index (χ4v) is 2.13. The molecular weight excluding hydrogens is 340 g/mol. The third-order valence-corrected chi connectivity index (χ3v) is 3.27. The summed E-state index contributed by atoms with van der Waals surface area (Å²) in [5, 5.41) is 8.06. The lowest BCUT2D eigenvalue weighted by atomic mass is 10.2. The predicted octanol–water partition coefficient (Wildman–Crippen LogP) is 1.70. The predicted molar refractivity (Wildman–Crippen MR) is 77.7 cm³/mol. The summed E-state index contributed by atoms with van der Waals surface area (Å²) in [4.78, 5) is 26.6. The summed E-state index contributed by atoms with van der Waals surface area (Å²) < 4.78 is 6.76. The van der Waals surface area contributed by atoms with Gasteiger partial charge in [-0.05, 0) is 34.1 Å². The average Bonchev–Trinajstić information content (AvgIpc) is 2.93. The van der Waals surface area contributed by atoms with Crippen molar-refractivity contribution in [1.82, 2.24) is 20.0 Å². The Kier molecular flexibility index (Phi) is 3.53. The largest absolute Gasteiger partial charge is 0.437 e. The maximum Gasteiger partial charge on any atom is 0.356 e. The van der Waals surface area contributed by atoms with Crippen LogP contribution in [0.25, 0.3) is 10.9 Å². The molecule has 21 heavy (non-hydrogen) atoms. The van der Waals surface area contributed by atoms with E-state index in [0.717, 1.165) is 9.15 Å². The zero-order valence-corrected chi connectivity index (χ0v) is 12.2. The van der Waals surface area contributed by atoms with Gasteiger partial charge in [0.15, 0.2) is 6.73 Å². The molecule has 0 amide bonds. The zero-order chi connectivity index (χ0) is 14.8. The molecule has 0 unspecified atom stereocenters. The molecule has 0 aliphatic heterocycles. The molecule has 0 saturated heterocycles. The normalized spacial score (nSPS) is 10.7. The van der Waals surface area contributed by atoms with Gasteiger partial charge in [0.25, 0.3) is 5.56 Å². The summed E-state index contributed by atoms with van der Waals surface area (Å²) >= 11 is 3.22. The number of halogens is 1. The smallest absolute Gasteiger partial charge is 0.356 e. The van der Waals surface area contributed by atoms with Gasteiger partial charge in [0.05, 0.1) is 5.39 Å². The number of aromatic nitrogens is 4. The quantitative estimate of drug-likeness (QED) is 0.727. The lowest BCUT2D eigenvalue weighted by Crippen LogP contribution is -2.26. The van der Waals surface area contributed by atoms with E-state index in [4.69, 9.17) is 4.74 Å². The van der Waals surface area contributed by atoms with Crippen molar-refractivity contribution in [3.8, 4) is 0 Å². The van der Waals surface area contributed by atoms with Crippen LogP contribution in [-0.2, 0) is 11.5 Å². The number of carbonyl (C=O) groups excluding carboxylic acids is 1. The van der Waals surface area contributed by atoms with E-state index in [2.05, 4.69) is 31.2 Å². The number of aromatic amines is 1. The summed E-state index contributed by atoms with van der Waals surface area (Å²) in [6, 6.07) is 8.42. The van der Waals surface area contributed by atoms with E-state index in [1.807, 2.05) is 0 Å². The van der Waals surface area contributed by atoms with Crippen molar-refractivity contribution in [2.75, 3.05) is 0 Å². The highest BCUT2D eigenvalue weighted by Crippen LogP contribution is 2.11. The van der Waals surface area contributed by atoms with E-state index in [0.29, 0.717) is 10.9 Å². The summed E-state index contributed by atoms with van der Waals surface area (Å²) in [7, 11) is 0. The molecule has 1 N–H and O–H groups in total. The third kappa shape index (κ3) is 2.70. The molecule has 8 heteroatoms. The van der Waals surface area contributed by atoms with Crippen molar-refractivity contribution in [3.05, 3.63) is 57.0 Å². The van der Waals surface area contributed by atoms with Crippen LogP contribution in [0.3, 0.4) is 0 Å². The van der Waals surface area contributed by atoms with Gasteiger partial charge in [-0.2, -0.15) is 4.68 Å². The van der Waals surface area contributed by atoms with E-state index in [9.17, 15) is 9.59 Å². The molecule has 0 fully saturated rings. The highest BCUT2D eigenvalue weighted by atomic mass is 79.9. The molecule has 0 aliphatic carbocycles. The topological polar surface area (TPSA) is 89.9 Å². The molecule has 0 bridgehead atoms. The fraction of sp³-hybridized carbons (Fsp3) is 0.0769. The van der Waals surface area contributed by atoms with Crippen molar-refractivity contribution >= 4 is 32.8 Å². The number of nitrogens with zero attached hydrogens (tertiary/aromatic N) is 3. The molecule has 0 radical (unpaired) electrons. The zero-order valence-electron chi connectivity index (χ0n) is 10.6. The second kappa shape index (κ2) is 5.49. The van der Waals surface area contributed by atoms with Crippen LogP contribution in [0.5, 0.6) is 0 Å². The lowest BCUT2D eigenvalue weighted by Gasteiger charge is -2.05. The first-order valence-corrected chi connectivity index (χ1v) is 6.78. The molecule has 7 nitrogen and oxygen atoms in total. The van der Waals surface area contributed by atoms with Crippen molar-refractivity contribution in [3.63, 3.8) is 0 Å². The molecule has 3 rings (SSSR count). The van der Waals surface area contributed by atoms with Crippen LogP contribution in [0.1, 0.15) is 10.5 Å². The van der Waals surface area contributed by atoms with Crippen molar-refractivity contribution < 1.29 is 9.53 Å². The fourth-order valence-electron chi connectivity index (χ4n) is 1.79. The Bertz CT molecular complexity index is 871. The Morgan fingerprint density at radius 3 is 2.95 bits per heavy atom. The number of hydrogen-bond donors (Lipinski definition) is 1. The maximum atomic E-state index is 12.1. The van der Waals surface area contributed by atoms with Gasteiger partial charge >= 0.3 is 5.97 Å². The minimum Gasteiger partial charge on any atom is -0.437 e. The number of H-pyrrole nitrogens is 1.